The summed E-state index contributed by atoms with van der Waals surface area (Å²) in [4.78, 5) is 13.0. The Kier molecular flexibility index (Phi) is 7.06. The van der Waals surface area contributed by atoms with E-state index in [1.807, 2.05) is 34.9 Å². The number of thioether (sulfide) groups is 1. The van der Waals surface area contributed by atoms with Gasteiger partial charge >= 0.3 is 0 Å². The van der Waals surface area contributed by atoms with E-state index in [9.17, 15) is 4.79 Å². The van der Waals surface area contributed by atoms with Crippen LogP contribution in [0.3, 0.4) is 0 Å². The predicted molar refractivity (Wildman–Crippen MR) is 122 cm³/mol. The number of furan rings is 1. The van der Waals surface area contributed by atoms with Crippen LogP contribution in [0.2, 0.25) is 0 Å². The van der Waals surface area contributed by atoms with Crippen LogP contribution in [0.15, 0.2) is 68.9 Å². The molecule has 0 saturated heterocycles. The van der Waals surface area contributed by atoms with Gasteiger partial charge in [0.05, 0.1) is 18.1 Å². The van der Waals surface area contributed by atoms with Crippen LogP contribution >= 0.6 is 11.8 Å². The van der Waals surface area contributed by atoms with E-state index in [1.54, 1.807) is 19.3 Å². The third-order valence-corrected chi connectivity index (χ3v) is 6.13. The minimum atomic E-state index is -0.352. The van der Waals surface area contributed by atoms with Crippen molar-refractivity contribution >= 4 is 23.5 Å². The van der Waals surface area contributed by atoms with E-state index in [0.717, 1.165) is 18.4 Å². The van der Waals surface area contributed by atoms with Crippen molar-refractivity contribution < 1.29 is 13.7 Å². The normalized spacial score (nSPS) is 12.1. The number of carbonyl (C=O) groups is 1. The average molecular weight is 452 g/mol. The smallest absolute Gasteiger partial charge is 0.239 e. The summed E-state index contributed by atoms with van der Waals surface area (Å²) in [6.45, 7) is 4.46. The Morgan fingerprint density at radius 2 is 2.03 bits per heavy atom. The van der Waals surface area contributed by atoms with Crippen molar-refractivity contribution in [2.24, 2.45) is 0 Å². The summed E-state index contributed by atoms with van der Waals surface area (Å²) in [5, 5.41) is 15.8. The van der Waals surface area contributed by atoms with Gasteiger partial charge in [-0.1, -0.05) is 67.0 Å². The standard InChI is InChI=1S/C23H25N5O3S/c1-3-4-12-19(22(29)24-20-14-16(2)31-27-20)32-23-26-25-21(18-11-8-13-30-18)28(23)15-17-9-6-5-7-10-17/h5-11,13-14,19H,3-4,12,15H2,1-2H3,(H,24,27,29). The number of amides is 1. The van der Waals surface area contributed by atoms with Gasteiger partial charge in [-0.25, -0.2) is 0 Å². The van der Waals surface area contributed by atoms with Gasteiger partial charge < -0.3 is 14.3 Å². The van der Waals surface area contributed by atoms with Crippen molar-refractivity contribution in [1.82, 2.24) is 19.9 Å². The zero-order valence-corrected chi connectivity index (χ0v) is 18.8. The third kappa shape index (κ3) is 5.28. The lowest BCUT2D eigenvalue weighted by Crippen LogP contribution is -2.26. The molecule has 0 aliphatic rings. The van der Waals surface area contributed by atoms with Crippen molar-refractivity contribution in [2.45, 2.75) is 50.1 Å². The largest absolute Gasteiger partial charge is 0.461 e. The number of benzene rings is 1. The number of carbonyl (C=O) groups excluding carboxylic acids is 1. The van der Waals surface area contributed by atoms with Gasteiger partial charge in [-0.15, -0.1) is 10.2 Å². The molecule has 4 aromatic rings. The van der Waals surface area contributed by atoms with Crippen LogP contribution in [0, 0.1) is 6.92 Å². The van der Waals surface area contributed by atoms with E-state index < -0.39 is 0 Å². The highest BCUT2D eigenvalue weighted by Gasteiger charge is 2.25. The van der Waals surface area contributed by atoms with Gasteiger partial charge in [-0.2, -0.15) is 0 Å². The Hall–Kier alpha value is -3.33. The maximum Gasteiger partial charge on any atom is 0.239 e. The SMILES string of the molecule is CCCCC(Sc1nnc(-c2ccco2)n1Cc1ccccc1)C(=O)Nc1cc(C)on1. The van der Waals surface area contributed by atoms with E-state index in [2.05, 4.69) is 39.7 Å². The Bertz CT molecular complexity index is 1140. The summed E-state index contributed by atoms with van der Waals surface area (Å²) >= 11 is 1.40. The fourth-order valence-electron chi connectivity index (χ4n) is 3.26. The highest BCUT2D eigenvalue weighted by atomic mass is 32.2. The van der Waals surface area contributed by atoms with Gasteiger partial charge in [0.1, 0.15) is 5.76 Å². The molecule has 9 heteroatoms. The van der Waals surface area contributed by atoms with Gasteiger partial charge in [0.15, 0.2) is 16.7 Å². The number of rotatable bonds is 10. The maximum atomic E-state index is 13.0. The zero-order chi connectivity index (χ0) is 22.3. The third-order valence-electron chi connectivity index (χ3n) is 4.88. The molecule has 3 heterocycles. The number of nitrogens with one attached hydrogen (secondary N) is 1. The predicted octanol–water partition coefficient (Wildman–Crippen LogP) is 5.17. The minimum absolute atomic E-state index is 0.134. The zero-order valence-electron chi connectivity index (χ0n) is 18.0. The summed E-state index contributed by atoms with van der Waals surface area (Å²) in [5.74, 6) is 2.18. The number of aryl methyl sites for hydroxylation is 1. The first kappa shape index (κ1) is 21.9. The highest BCUT2D eigenvalue weighted by molar-refractivity contribution is 8.00. The number of aromatic nitrogens is 4. The molecule has 1 unspecified atom stereocenters. The van der Waals surface area contributed by atoms with Crippen LogP contribution in [-0.2, 0) is 11.3 Å². The summed E-state index contributed by atoms with van der Waals surface area (Å²) in [7, 11) is 0. The molecule has 8 nitrogen and oxygen atoms in total. The van der Waals surface area contributed by atoms with Gasteiger partial charge in [0, 0.05) is 6.07 Å². The number of hydrogen-bond donors (Lipinski definition) is 1. The van der Waals surface area contributed by atoms with Gasteiger partial charge in [0.2, 0.25) is 11.7 Å². The van der Waals surface area contributed by atoms with Gasteiger partial charge in [-0.05, 0) is 31.0 Å². The summed E-state index contributed by atoms with van der Waals surface area (Å²) in [5.41, 5.74) is 1.11. The molecule has 0 saturated carbocycles. The second-order valence-corrected chi connectivity index (χ2v) is 8.59. The molecule has 166 valence electrons. The monoisotopic (exact) mass is 451 g/mol. The fourth-order valence-corrected chi connectivity index (χ4v) is 4.34. The second-order valence-electron chi connectivity index (χ2n) is 7.42. The molecular weight excluding hydrogens is 426 g/mol. The first-order valence-electron chi connectivity index (χ1n) is 10.6. The van der Waals surface area contributed by atoms with Gasteiger partial charge in [0.25, 0.3) is 0 Å². The Labute approximate surface area is 190 Å². The lowest BCUT2D eigenvalue weighted by atomic mass is 10.2. The van der Waals surface area contributed by atoms with Crippen molar-refractivity contribution in [2.75, 3.05) is 5.32 Å². The summed E-state index contributed by atoms with van der Waals surface area (Å²) < 4.78 is 12.6. The van der Waals surface area contributed by atoms with Gasteiger partial charge in [-0.3, -0.25) is 9.36 Å². The van der Waals surface area contributed by atoms with Crippen molar-refractivity contribution in [3.05, 3.63) is 66.1 Å². The van der Waals surface area contributed by atoms with E-state index >= 15 is 0 Å². The Morgan fingerprint density at radius 3 is 2.72 bits per heavy atom. The molecule has 1 N–H and O–H groups in total. The van der Waals surface area contributed by atoms with E-state index in [1.165, 1.54) is 11.8 Å². The molecule has 0 bridgehead atoms. The van der Waals surface area contributed by atoms with Crippen LogP contribution in [-0.4, -0.2) is 31.1 Å². The molecule has 32 heavy (non-hydrogen) atoms. The van der Waals surface area contributed by atoms with E-state index in [0.29, 0.717) is 41.3 Å². The highest BCUT2D eigenvalue weighted by Crippen LogP contribution is 2.31. The van der Waals surface area contributed by atoms with Crippen molar-refractivity contribution in [1.29, 1.82) is 0 Å². The Balaban J connectivity index is 1.61. The molecule has 0 aliphatic carbocycles. The van der Waals surface area contributed by atoms with E-state index in [4.69, 9.17) is 8.94 Å². The first-order chi connectivity index (χ1) is 15.6. The summed E-state index contributed by atoms with van der Waals surface area (Å²) in [6.07, 6.45) is 4.22. The van der Waals surface area contributed by atoms with Crippen LogP contribution in [0.1, 0.15) is 37.5 Å². The molecule has 1 aromatic carbocycles. The van der Waals surface area contributed by atoms with Crippen LogP contribution < -0.4 is 5.32 Å². The molecule has 4 rings (SSSR count). The summed E-state index contributed by atoms with van der Waals surface area (Å²) in [6, 6.07) is 15.5. The fraction of sp³-hybridized carbons (Fsp3) is 0.304. The quantitative estimate of drug-likeness (QED) is 0.332. The average Bonchev–Trinajstić information content (AvgIpc) is 3.54. The molecular formula is C23H25N5O3S. The molecule has 0 radical (unpaired) electrons. The second kappa shape index (κ2) is 10.3. The maximum absolute atomic E-state index is 13.0. The molecule has 0 fully saturated rings. The van der Waals surface area contributed by atoms with Crippen LogP contribution in [0.5, 0.6) is 0 Å². The van der Waals surface area contributed by atoms with E-state index in [-0.39, 0.29) is 11.2 Å². The molecule has 1 amide bonds. The van der Waals surface area contributed by atoms with Crippen molar-refractivity contribution in [3.63, 3.8) is 0 Å². The molecule has 3 aromatic heterocycles. The van der Waals surface area contributed by atoms with Crippen LogP contribution in [0.25, 0.3) is 11.6 Å². The Morgan fingerprint density at radius 1 is 1.19 bits per heavy atom. The molecule has 1 atom stereocenters. The molecule has 0 spiro atoms. The van der Waals surface area contributed by atoms with Crippen LogP contribution in [0.4, 0.5) is 5.82 Å². The number of nitrogens with zero attached hydrogens (tertiary/aromatic N) is 4. The lowest BCUT2D eigenvalue weighted by molar-refractivity contribution is -0.115. The van der Waals surface area contributed by atoms with Crippen molar-refractivity contribution in [3.8, 4) is 11.6 Å². The molecule has 0 aliphatic heterocycles. The number of hydrogen-bond acceptors (Lipinski definition) is 7. The minimum Gasteiger partial charge on any atom is -0.461 e. The topological polar surface area (TPSA) is 99.0 Å². The number of anilines is 1. The number of unbranched alkanes of at least 4 members (excludes halogenated alkanes) is 1. The lowest BCUT2D eigenvalue weighted by Gasteiger charge is -2.16. The first-order valence-corrected chi connectivity index (χ1v) is 11.4.